The summed E-state index contributed by atoms with van der Waals surface area (Å²) in [6, 6.07) is 6.77. The Morgan fingerprint density at radius 3 is 2.61 bits per heavy atom. The molecule has 0 amide bonds. The highest BCUT2D eigenvalue weighted by Gasteiger charge is 2.21. The van der Waals surface area contributed by atoms with Gasteiger partial charge in [0.05, 0.1) is 0 Å². The third-order valence-electron chi connectivity index (χ3n) is 3.61. The van der Waals surface area contributed by atoms with Gasteiger partial charge < -0.3 is 5.32 Å². The van der Waals surface area contributed by atoms with Crippen LogP contribution in [-0.2, 0) is 6.54 Å². The summed E-state index contributed by atoms with van der Waals surface area (Å²) in [5, 5.41) is 5.04. The van der Waals surface area contributed by atoms with E-state index in [1.807, 2.05) is 18.2 Å². The van der Waals surface area contributed by atoms with Gasteiger partial charge in [0.15, 0.2) is 0 Å². The van der Waals surface area contributed by atoms with Gasteiger partial charge in [-0.3, -0.25) is 4.90 Å². The number of halogens is 2. The van der Waals surface area contributed by atoms with Gasteiger partial charge in [0.1, 0.15) is 0 Å². The molecule has 2 unspecified atom stereocenters. The molecule has 1 heterocycles. The fourth-order valence-corrected chi connectivity index (χ4v) is 2.94. The largest absolute Gasteiger partial charge is 0.313 e. The molecule has 0 radical (unpaired) electrons. The van der Waals surface area contributed by atoms with Gasteiger partial charge in [-0.05, 0) is 38.9 Å². The lowest BCUT2D eigenvalue weighted by Gasteiger charge is -2.28. The predicted molar refractivity (Wildman–Crippen MR) is 78.4 cm³/mol. The molecule has 0 saturated carbocycles. The average molecular weight is 287 g/mol. The summed E-state index contributed by atoms with van der Waals surface area (Å²) in [4.78, 5) is 2.46. The van der Waals surface area contributed by atoms with E-state index < -0.39 is 0 Å². The van der Waals surface area contributed by atoms with Crippen molar-refractivity contribution in [2.24, 2.45) is 0 Å². The molecule has 0 bridgehead atoms. The molecular weight excluding hydrogens is 267 g/mol. The molecule has 1 aromatic carbocycles. The number of rotatable bonds is 2. The van der Waals surface area contributed by atoms with Crippen LogP contribution in [0.2, 0.25) is 10.0 Å². The number of nitrogens with zero attached hydrogens (tertiary/aromatic N) is 1. The van der Waals surface area contributed by atoms with Gasteiger partial charge in [0.2, 0.25) is 0 Å². The number of nitrogens with one attached hydrogen (secondary N) is 1. The van der Waals surface area contributed by atoms with E-state index in [2.05, 4.69) is 24.1 Å². The Labute approximate surface area is 119 Å². The highest BCUT2D eigenvalue weighted by molar-refractivity contribution is 6.35. The smallest absolute Gasteiger partial charge is 0.0465 e. The minimum Gasteiger partial charge on any atom is -0.313 e. The maximum Gasteiger partial charge on any atom is 0.0465 e. The third-order valence-corrected chi connectivity index (χ3v) is 4.32. The summed E-state index contributed by atoms with van der Waals surface area (Å²) >= 11 is 12.5. The molecule has 4 heteroatoms. The van der Waals surface area contributed by atoms with Crippen LogP contribution in [0.4, 0.5) is 0 Å². The molecule has 0 aromatic heterocycles. The Kier molecular flexibility index (Phi) is 4.91. The van der Waals surface area contributed by atoms with E-state index in [-0.39, 0.29) is 0 Å². The van der Waals surface area contributed by atoms with Gasteiger partial charge in [-0.15, -0.1) is 0 Å². The summed E-state index contributed by atoms with van der Waals surface area (Å²) in [6.07, 6.45) is 1.16. The first-order chi connectivity index (χ1) is 8.58. The monoisotopic (exact) mass is 286 g/mol. The van der Waals surface area contributed by atoms with Crippen molar-refractivity contribution in [1.29, 1.82) is 0 Å². The molecule has 1 N–H and O–H groups in total. The van der Waals surface area contributed by atoms with Crippen LogP contribution in [0.25, 0.3) is 0 Å². The van der Waals surface area contributed by atoms with Gasteiger partial charge in [-0.2, -0.15) is 0 Å². The van der Waals surface area contributed by atoms with Crippen LogP contribution in [0.15, 0.2) is 18.2 Å². The second-order valence-corrected chi connectivity index (χ2v) is 5.94. The Hall–Kier alpha value is -0.280. The van der Waals surface area contributed by atoms with Crippen molar-refractivity contribution in [1.82, 2.24) is 10.2 Å². The molecular formula is C14H20Cl2N2. The second-order valence-electron chi connectivity index (χ2n) is 5.12. The van der Waals surface area contributed by atoms with Gasteiger partial charge in [-0.25, -0.2) is 0 Å². The third kappa shape index (κ3) is 3.39. The van der Waals surface area contributed by atoms with Crippen LogP contribution in [0, 0.1) is 0 Å². The van der Waals surface area contributed by atoms with Crippen molar-refractivity contribution in [2.75, 3.05) is 13.1 Å². The molecule has 2 atom stereocenters. The van der Waals surface area contributed by atoms with E-state index >= 15 is 0 Å². The molecule has 100 valence electrons. The first-order valence-electron chi connectivity index (χ1n) is 6.48. The minimum atomic E-state index is 0.510. The van der Waals surface area contributed by atoms with Crippen molar-refractivity contribution in [3.05, 3.63) is 33.8 Å². The summed E-state index contributed by atoms with van der Waals surface area (Å²) in [6.45, 7) is 7.42. The average Bonchev–Trinajstić information content (AvgIpc) is 2.46. The normalized spacial score (nSPS) is 26.0. The molecule has 1 aliphatic heterocycles. The predicted octanol–water partition coefficient (Wildman–Crippen LogP) is 3.57. The van der Waals surface area contributed by atoms with Crippen molar-refractivity contribution < 1.29 is 0 Å². The van der Waals surface area contributed by atoms with Crippen LogP contribution in [0.5, 0.6) is 0 Å². The molecule has 18 heavy (non-hydrogen) atoms. The summed E-state index contributed by atoms with van der Waals surface area (Å²) in [5.74, 6) is 0. The standard InChI is InChI=1S/C14H20Cl2N2/c1-10-8-18(11(2)6-7-17-10)9-12-13(15)4-3-5-14(12)16/h3-5,10-11,17H,6-9H2,1-2H3. The first-order valence-corrected chi connectivity index (χ1v) is 7.24. The number of benzene rings is 1. The fraction of sp³-hybridized carbons (Fsp3) is 0.571. The number of hydrogen-bond acceptors (Lipinski definition) is 2. The zero-order valence-electron chi connectivity index (χ0n) is 10.9. The lowest BCUT2D eigenvalue weighted by molar-refractivity contribution is 0.199. The quantitative estimate of drug-likeness (QED) is 0.894. The Morgan fingerprint density at radius 2 is 1.94 bits per heavy atom. The topological polar surface area (TPSA) is 15.3 Å². The molecule has 0 aliphatic carbocycles. The molecule has 2 rings (SSSR count). The summed E-state index contributed by atoms with van der Waals surface area (Å²) in [7, 11) is 0. The van der Waals surface area contributed by atoms with Gasteiger partial charge in [-0.1, -0.05) is 29.3 Å². The molecule has 1 aromatic rings. The zero-order chi connectivity index (χ0) is 13.1. The fourth-order valence-electron chi connectivity index (χ4n) is 2.42. The molecule has 2 nitrogen and oxygen atoms in total. The second kappa shape index (κ2) is 6.25. The van der Waals surface area contributed by atoms with E-state index in [1.165, 1.54) is 0 Å². The highest BCUT2D eigenvalue weighted by atomic mass is 35.5. The van der Waals surface area contributed by atoms with Gasteiger partial charge in [0.25, 0.3) is 0 Å². The van der Waals surface area contributed by atoms with E-state index in [9.17, 15) is 0 Å². The molecule has 1 fully saturated rings. The zero-order valence-corrected chi connectivity index (χ0v) is 12.4. The molecule has 1 saturated heterocycles. The highest BCUT2D eigenvalue weighted by Crippen LogP contribution is 2.27. The molecule has 0 spiro atoms. The summed E-state index contributed by atoms with van der Waals surface area (Å²) in [5.41, 5.74) is 1.04. The van der Waals surface area contributed by atoms with Crippen LogP contribution >= 0.6 is 23.2 Å². The van der Waals surface area contributed by atoms with Crippen molar-refractivity contribution in [2.45, 2.75) is 38.9 Å². The van der Waals surface area contributed by atoms with Gasteiger partial charge >= 0.3 is 0 Å². The Balaban J connectivity index is 2.16. The summed E-state index contributed by atoms with van der Waals surface area (Å²) < 4.78 is 0. The van der Waals surface area contributed by atoms with Crippen LogP contribution in [0.3, 0.4) is 0 Å². The lowest BCUT2D eigenvalue weighted by Crippen LogP contribution is -2.38. The number of hydrogen-bond donors (Lipinski definition) is 1. The van der Waals surface area contributed by atoms with Gasteiger partial charge in [0, 0.05) is 40.8 Å². The minimum absolute atomic E-state index is 0.510. The van der Waals surface area contributed by atoms with E-state index in [0.29, 0.717) is 12.1 Å². The maximum atomic E-state index is 6.25. The van der Waals surface area contributed by atoms with Crippen LogP contribution < -0.4 is 5.32 Å². The lowest BCUT2D eigenvalue weighted by atomic mass is 10.1. The Bertz CT molecular complexity index is 389. The Morgan fingerprint density at radius 1 is 1.28 bits per heavy atom. The van der Waals surface area contributed by atoms with Crippen LogP contribution in [-0.4, -0.2) is 30.1 Å². The van der Waals surface area contributed by atoms with Crippen molar-refractivity contribution in [3.8, 4) is 0 Å². The van der Waals surface area contributed by atoms with Crippen molar-refractivity contribution in [3.63, 3.8) is 0 Å². The maximum absolute atomic E-state index is 6.25. The first kappa shape index (κ1) is 14.1. The molecule has 1 aliphatic rings. The van der Waals surface area contributed by atoms with E-state index in [0.717, 1.165) is 41.7 Å². The SMILES string of the molecule is CC1CN(Cc2c(Cl)cccc2Cl)C(C)CCN1. The van der Waals surface area contributed by atoms with E-state index in [1.54, 1.807) is 0 Å². The van der Waals surface area contributed by atoms with E-state index in [4.69, 9.17) is 23.2 Å². The van der Waals surface area contributed by atoms with Crippen LogP contribution in [0.1, 0.15) is 25.8 Å². The van der Waals surface area contributed by atoms with Crippen molar-refractivity contribution >= 4 is 23.2 Å².